The number of methoxy groups -OCH3 is 1. The Balaban J connectivity index is 1.49. The summed E-state index contributed by atoms with van der Waals surface area (Å²) in [5.74, 6) is -0.225. The van der Waals surface area contributed by atoms with Crippen LogP contribution in [0.3, 0.4) is 0 Å². The summed E-state index contributed by atoms with van der Waals surface area (Å²) in [5.41, 5.74) is 3.53. The van der Waals surface area contributed by atoms with Crippen LogP contribution in [0.1, 0.15) is 18.4 Å². The minimum Gasteiger partial charge on any atom is -0.468 e. The van der Waals surface area contributed by atoms with E-state index in [1.165, 1.54) is 36.6 Å². The quantitative estimate of drug-likeness (QED) is 0.662. The van der Waals surface area contributed by atoms with Gasteiger partial charge in [0.1, 0.15) is 6.54 Å². The fraction of sp³-hybridized carbons (Fsp3) is 0.348. The van der Waals surface area contributed by atoms with Gasteiger partial charge in [-0.1, -0.05) is 36.4 Å². The van der Waals surface area contributed by atoms with Gasteiger partial charge in [-0.05, 0) is 43.1 Å². The summed E-state index contributed by atoms with van der Waals surface area (Å²) in [6.45, 7) is 3.26. The molecule has 0 bridgehead atoms. The topological polar surface area (TPSA) is 46.5 Å². The van der Waals surface area contributed by atoms with Crippen LogP contribution in [0.2, 0.25) is 0 Å². The van der Waals surface area contributed by atoms with Crippen LogP contribution in [0.25, 0.3) is 10.9 Å². The van der Waals surface area contributed by atoms with Crippen LogP contribution >= 0.6 is 0 Å². The molecule has 5 heteroatoms. The number of aromatic nitrogens is 1. The number of rotatable bonds is 6. The average molecular weight is 377 g/mol. The second-order valence-electron chi connectivity index (χ2n) is 7.46. The zero-order valence-electron chi connectivity index (χ0n) is 16.3. The number of hydrogen-bond donors (Lipinski definition) is 1. The van der Waals surface area contributed by atoms with Gasteiger partial charge in [0.05, 0.1) is 7.11 Å². The summed E-state index contributed by atoms with van der Waals surface area (Å²) in [6.07, 6.45) is 4.48. The van der Waals surface area contributed by atoms with E-state index in [4.69, 9.17) is 4.74 Å². The van der Waals surface area contributed by atoms with Crippen molar-refractivity contribution in [1.29, 1.82) is 0 Å². The minimum atomic E-state index is -0.225. The van der Waals surface area contributed by atoms with Crippen molar-refractivity contribution in [2.24, 2.45) is 0 Å². The largest absolute Gasteiger partial charge is 0.468 e. The Bertz CT molecular complexity index is 935. The molecule has 0 aliphatic carbocycles. The van der Waals surface area contributed by atoms with Crippen LogP contribution in [0, 0.1) is 0 Å². The number of ether oxygens (including phenoxy) is 1. The van der Waals surface area contributed by atoms with E-state index in [0.717, 1.165) is 25.2 Å². The maximum atomic E-state index is 11.8. The molecule has 2 aromatic carbocycles. The first-order chi connectivity index (χ1) is 13.7. The van der Waals surface area contributed by atoms with E-state index in [2.05, 4.69) is 58.9 Å². The molecule has 0 saturated carbocycles. The molecule has 1 atom stereocenters. The third-order valence-electron chi connectivity index (χ3n) is 5.44. The van der Waals surface area contributed by atoms with Crippen molar-refractivity contribution in [2.45, 2.75) is 32.0 Å². The molecule has 2 heterocycles. The molecule has 146 valence electrons. The molecule has 1 N–H and O–H groups in total. The summed E-state index contributed by atoms with van der Waals surface area (Å²) in [5, 5.41) is 4.88. The van der Waals surface area contributed by atoms with Crippen LogP contribution in [0.4, 0.5) is 5.69 Å². The molecule has 1 saturated heterocycles. The van der Waals surface area contributed by atoms with Gasteiger partial charge in [-0.3, -0.25) is 9.69 Å². The zero-order chi connectivity index (χ0) is 19.3. The van der Waals surface area contributed by atoms with Crippen LogP contribution in [0.15, 0.2) is 60.8 Å². The fourth-order valence-electron chi connectivity index (χ4n) is 4.11. The number of hydrogen-bond acceptors (Lipinski definition) is 4. The Hall–Kier alpha value is -2.79. The maximum absolute atomic E-state index is 11.8. The molecule has 0 amide bonds. The smallest absolute Gasteiger partial charge is 0.325 e. The highest BCUT2D eigenvalue weighted by Crippen LogP contribution is 2.25. The number of fused-ring (bicyclic) bond motifs is 1. The summed E-state index contributed by atoms with van der Waals surface area (Å²) in [7, 11) is 1.43. The molecule has 1 aromatic heterocycles. The maximum Gasteiger partial charge on any atom is 0.325 e. The number of carbonyl (C=O) groups excluding carboxylic acids is 1. The van der Waals surface area contributed by atoms with E-state index < -0.39 is 0 Å². The van der Waals surface area contributed by atoms with Crippen LogP contribution in [-0.4, -0.2) is 41.7 Å². The molecule has 28 heavy (non-hydrogen) atoms. The van der Waals surface area contributed by atoms with Crippen molar-refractivity contribution in [3.8, 4) is 0 Å². The number of anilines is 1. The number of nitrogens with one attached hydrogen (secondary N) is 1. The number of nitrogens with zero attached hydrogens (tertiary/aromatic N) is 2. The third-order valence-corrected chi connectivity index (χ3v) is 5.44. The summed E-state index contributed by atoms with van der Waals surface area (Å²) < 4.78 is 6.85. The normalized spacial score (nSPS) is 17.5. The SMILES string of the molecule is COC(=O)Cn1cc(CN2CCC[C@H](Nc3ccccc3)C2)c2ccccc21. The first-order valence-electron chi connectivity index (χ1n) is 9.90. The van der Waals surface area contributed by atoms with Crippen molar-refractivity contribution < 1.29 is 9.53 Å². The molecule has 0 spiro atoms. The highest BCUT2D eigenvalue weighted by molar-refractivity contribution is 5.85. The lowest BCUT2D eigenvalue weighted by Gasteiger charge is -2.33. The molecule has 0 radical (unpaired) electrons. The molecule has 3 aromatic rings. The van der Waals surface area contributed by atoms with Crippen molar-refractivity contribution in [3.05, 3.63) is 66.4 Å². The lowest BCUT2D eigenvalue weighted by atomic mass is 10.0. The Morgan fingerprint density at radius 3 is 2.75 bits per heavy atom. The van der Waals surface area contributed by atoms with E-state index >= 15 is 0 Å². The fourth-order valence-corrected chi connectivity index (χ4v) is 4.11. The van der Waals surface area contributed by atoms with E-state index in [1.807, 2.05) is 16.7 Å². The molecule has 1 aliphatic heterocycles. The second-order valence-corrected chi connectivity index (χ2v) is 7.46. The van der Waals surface area contributed by atoms with Crippen molar-refractivity contribution in [1.82, 2.24) is 9.47 Å². The first-order valence-corrected chi connectivity index (χ1v) is 9.90. The van der Waals surface area contributed by atoms with Gasteiger partial charge in [-0.15, -0.1) is 0 Å². The van der Waals surface area contributed by atoms with Gasteiger partial charge in [0.25, 0.3) is 0 Å². The minimum absolute atomic E-state index is 0.225. The van der Waals surface area contributed by atoms with E-state index in [-0.39, 0.29) is 12.5 Å². The average Bonchev–Trinajstić information content (AvgIpc) is 3.06. The number of esters is 1. The predicted octanol–water partition coefficient (Wildman–Crippen LogP) is 3.89. The molecule has 1 aliphatic rings. The van der Waals surface area contributed by atoms with E-state index in [0.29, 0.717) is 6.04 Å². The van der Waals surface area contributed by atoms with Gasteiger partial charge >= 0.3 is 5.97 Å². The molecule has 5 nitrogen and oxygen atoms in total. The molecule has 1 fully saturated rings. The zero-order valence-corrected chi connectivity index (χ0v) is 16.3. The molecular weight excluding hydrogens is 350 g/mol. The van der Waals surface area contributed by atoms with Gasteiger partial charge in [0, 0.05) is 41.9 Å². The number of carbonyl (C=O) groups is 1. The third kappa shape index (κ3) is 4.20. The first kappa shape index (κ1) is 18.6. The van der Waals surface area contributed by atoms with Gasteiger partial charge < -0.3 is 14.6 Å². The number of likely N-dealkylation sites (tertiary alicyclic amines) is 1. The van der Waals surface area contributed by atoms with Crippen molar-refractivity contribution in [3.63, 3.8) is 0 Å². The molecule has 4 rings (SSSR count). The Morgan fingerprint density at radius 1 is 1.14 bits per heavy atom. The number of benzene rings is 2. The number of piperidine rings is 1. The Labute approximate surface area is 165 Å². The summed E-state index contributed by atoms with van der Waals surface area (Å²) in [6, 6.07) is 19.2. The van der Waals surface area contributed by atoms with Gasteiger partial charge in [-0.2, -0.15) is 0 Å². The van der Waals surface area contributed by atoms with E-state index in [9.17, 15) is 4.79 Å². The second kappa shape index (κ2) is 8.48. The molecule has 0 unspecified atom stereocenters. The molecular formula is C23H27N3O2. The summed E-state index contributed by atoms with van der Waals surface area (Å²) >= 11 is 0. The van der Waals surface area contributed by atoms with Gasteiger partial charge in [0.15, 0.2) is 0 Å². The van der Waals surface area contributed by atoms with Gasteiger partial charge in [-0.25, -0.2) is 0 Å². The standard InChI is InChI=1S/C23H27N3O2/c1-28-23(27)17-26-15-18(21-11-5-6-12-22(21)26)14-25-13-7-10-20(16-25)24-19-8-3-2-4-9-19/h2-6,8-9,11-12,15,20,24H,7,10,13-14,16-17H2,1H3/t20-/m0/s1. The lowest BCUT2D eigenvalue weighted by molar-refractivity contribution is -0.141. The highest BCUT2D eigenvalue weighted by atomic mass is 16.5. The van der Waals surface area contributed by atoms with Crippen LogP contribution in [0.5, 0.6) is 0 Å². The van der Waals surface area contributed by atoms with Crippen LogP contribution < -0.4 is 5.32 Å². The highest BCUT2D eigenvalue weighted by Gasteiger charge is 2.21. The monoisotopic (exact) mass is 377 g/mol. The Kier molecular flexibility index (Phi) is 5.63. The predicted molar refractivity (Wildman–Crippen MR) is 112 cm³/mol. The number of para-hydroxylation sites is 2. The lowest BCUT2D eigenvalue weighted by Crippen LogP contribution is -2.41. The van der Waals surface area contributed by atoms with Gasteiger partial charge in [0.2, 0.25) is 0 Å². The van der Waals surface area contributed by atoms with E-state index in [1.54, 1.807) is 0 Å². The van der Waals surface area contributed by atoms with Crippen LogP contribution in [-0.2, 0) is 22.6 Å². The van der Waals surface area contributed by atoms with Crippen molar-refractivity contribution in [2.75, 3.05) is 25.5 Å². The van der Waals surface area contributed by atoms with Crippen molar-refractivity contribution >= 4 is 22.6 Å². The summed E-state index contributed by atoms with van der Waals surface area (Å²) in [4.78, 5) is 14.3. The Morgan fingerprint density at radius 2 is 1.93 bits per heavy atom.